The minimum Gasteiger partial charge on any atom is -0.480 e. The number of benzene rings is 1. The van der Waals surface area contributed by atoms with Gasteiger partial charge < -0.3 is 16.2 Å². The summed E-state index contributed by atoms with van der Waals surface area (Å²) in [4.78, 5) is 34.6. The summed E-state index contributed by atoms with van der Waals surface area (Å²) in [7, 11) is 0. The number of anilines is 1. The van der Waals surface area contributed by atoms with Crippen molar-refractivity contribution in [2.45, 2.75) is 43.6 Å². The number of nitrogens with one attached hydrogen (secondary N) is 1. The average Bonchev–Trinajstić information content (AvgIpc) is 2.96. The maximum absolute atomic E-state index is 12.4. The van der Waals surface area contributed by atoms with Crippen LogP contribution in [0.1, 0.15) is 36.5 Å². The lowest BCUT2D eigenvalue weighted by Gasteiger charge is -2.13. The van der Waals surface area contributed by atoms with Crippen LogP contribution in [0.3, 0.4) is 0 Å². The number of nitrogens with zero attached hydrogens (tertiary/aromatic N) is 3. The van der Waals surface area contributed by atoms with Crippen LogP contribution in [-0.2, 0) is 22.6 Å². The van der Waals surface area contributed by atoms with Crippen LogP contribution in [0.15, 0.2) is 29.4 Å². The molecule has 0 aliphatic carbocycles. The fourth-order valence-corrected chi connectivity index (χ4v) is 3.15. The SMILES string of the molecule is CCCc1nnc(S[C@H](C)C(=O)Nc2ccc(C(N)=O)cc2)n1CC(=O)O. The lowest BCUT2D eigenvalue weighted by atomic mass is 10.2. The largest absolute Gasteiger partial charge is 0.480 e. The lowest BCUT2D eigenvalue weighted by molar-refractivity contribution is -0.137. The number of aryl methyl sites for hydroxylation is 1. The Morgan fingerprint density at radius 1 is 1.26 bits per heavy atom. The predicted octanol–water partition coefficient (Wildman–Crippen LogP) is 1.53. The molecule has 1 aromatic heterocycles. The molecule has 10 heteroatoms. The zero-order valence-electron chi connectivity index (χ0n) is 15.0. The molecule has 4 N–H and O–H groups in total. The number of hydrogen-bond acceptors (Lipinski definition) is 6. The van der Waals surface area contributed by atoms with Gasteiger partial charge in [0.05, 0.1) is 5.25 Å². The van der Waals surface area contributed by atoms with Gasteiger partial charge in [-0.1, -0.05) is 18.7 Å². The van der Waals surface area contributed by atoms with E-state index in [4.69, 9.17) is 10.8 Å². The molecule has 1 heterocycles. The quantitative estimate of drug-likeness (QED) is 0.551. The maximum atomic E-state index is 12.4. The second-order valence-electron chi connectivity index (χ2n) is 5.82. The van der Waals surface area contributed by atoms with E-state index in [1.54, 1.807) is 19.1 Å². The molecule has 9 nitrogen and oxygen atoms in total. The summed E-state index contributed by atoms with van der Waals surface area (Å²) in [6.07, 6.45) is 1.41. The van der Waals surface area contributed by atoms with Crippen molar-refractivity contribution < 1.29 is 19.5 Å². The molecule has 0 saturated heterocycles. The van der Waals surface area contributed by atoms with Crippen LogP contribution < -0.4 is 11.1 Å². The van der Waals surface area contributed by atoms with Crippen LogP contribution >= 0.6 is 11.8 Å². The number of aliphatic carboxylic acids is 1. The highest BCUT2D eigenvalue weighted by molar-refractivity contribution is 8.00. The van der Waals surface area contributed by atoms with Gasteiger partial charge in [-0.25, -0.2) is 0 Å². The number of nitrogens with two attached hydrogens (primary N) is 1. The number of amides is 2. The fourth-order valence-electron chi connectivity index (χ4n) is 2.28. The standard InChI is InChI=1S/C17H21N5O4S/c1-3-4-13-20-21-17(22(13)9-14(23)24)27-10(2)16(26)19-12-7-5-11(6-8-12)15(18)25/h5-8,10H,3-4,9H2,1-2H3,(H2,18,25)(H,19,26)(H,23,24)/t10-/m1/s1. The highest BCUT2D eigenvalue weighted by Crippen LogP contribution is 2.24. The van der Waals surface area contributed by atoms with Gasteiger partial charge in [0.1, 0.15) is 12.4 Å². The van der Waals surface area contributed by atoms with Crippen LogP contribution in [0, 0.1) is 0 Å². The van der Waals surface area contributed by atoms with E-state index in [0.717, 1.165) is 18.2 Å². The zero-order chi connectivity index (χ0) is 20.0. The van der Waals surface area contributed by atoms with Crippen molar-refractivity contribution in [3.05, 3.63) is 35.7 Å². The van der Waals surface area contributed by atoms with Gasteiger partial charge in [-0.15, -0.1) is 10.2 Å². The molecule has 0 fully saturated rings. The van der Waals surface area contributed by atoms with E-state index in [-0.39, 0.29) is 12.5 Å². The number of thioether (sulfide) groups is 1. The van der Waals surface area contributed by atoms with Gasteiger partial charge >= 0.3 is 5.97 Å². The van der Waals surface area contributed by atoms with Crippen LogP contribution in [0.2, 0.25) is 0 Å². The van der Waals surface area contributed by atoms with E-state index in [9.17, 15) is 14.4 Å². The molecule has 144 valence electrons. The average molecular weight is 391 g/mol. The molecule has 27 heavy (non-hydrogen) atoms. The Labute approximate surface area is 160 Å². The third-order valence-corrected chi connectivity index (χ3v) is 4.73. The molecule has 0 radical (unpaired) electrons. The monoisotopic (exact) mass is 391 g/mol. The van der Waals surface area contributed by atoms with Crippen molar-refractivity contribution in [2.24, 2.45) is 5.73 Å². The Bertz CT molecular complexity index is 834. The topological polar surface area (TPSA) is 140 Å². The molecule has 0 aliphatic heterocycles. The second-order valence-corrected chi connectivity index (χ2v) is 7.13. The molecular formula is C17H21N5O4S. The molecule has 0 unspecified atom stereocenters. The maximum Gasteiger partial charge on any atom is 0.323 e. The molecule has 1 aromatic carbocycles. The van der Waals surface area contributed by atoms with Crippen molar-refractivity contribution in [1.82, 2.24) is 14.8 Å². The van der Waals surface area contributed by atoms with Crippen LogP contribution in [0.25, 0.3) is 0 Å². The van der Waals surface area contributed by atoms with E-state index in [0.29, 0.717) is 28.7 Å². The Morgan fingerprint density at radius 3 is 2.48 bits per heavy atom. The summed E-state index contributed by atoms with van der Waals surface area (Å²) in [6.45, 7) is 3.40. The minimum atomic E-state index is -0.999. The highest BCUT2D eigenvalue weighted by Gasteiger charge is 2.21. The Kier molecular flexibility index (Phi) is 6.94. The number of rotatable bonds is 9. The molecule has 2 aromatic rings. The van der Waals surface area contributed by atoms with Crippen molar-refractivity contribution in [3.63, 3.8) is 0 Å². The summed E-state index contributed by atoms with van der Waals surface area (Å²) in [5.74, 6) is -1.25. The summed E-state index contributed by atoms with van der Waals surface area (Å²) in [6, 6.07) is 6.22. The lowest BCUT2D eigenvalue weighted by Crippen LogP contribution is -2.23. The number of hydrogen-bond donors (Lipinski definition) is 3. The normalized spacial score (nSPS) is 11.8. The third-order valence-electron chi connectivity index (χ3n) is 3.65. The van der Waals surface area contributed by atoms with Gasteiger partial charge in [-0.2, -0.15) is 0 Å². The number of carbonyl (C=O) groups is 3. The van der Waals surface area contributed by atoms with Gasteiger partial charge in [0.2, 0.25) is 11.8 Å². The molecule has 2 rings (SSSR count). The third kappa shape index (κ3) is 5.55. The second kappa shape index (κ2) is 9.17. The van der Waals surface area contributed by atoms with Gasteiger partial charge in [-0.3, -0.25) is 19.0 Å². The molecular weight excluding hydrogens is 370 g/mol. The molecule has 0 bridgehead atoms. The van der Waals surface area contributed by atoms with E-state index < -0.39 is 17.1 Å². The first-order chi connectivity index (χ1) is 12.8. The number of carboxylic acid groups (broad SMARTS) is 1. The first-order valence-electron chi connectivity index (χ1n) is 8.33. The smallest absolute Gasteiger partial charge is 0.323 e. The predicted molar refractivity (Wildman–Crippen MR) is 101 cm³/mol. The Balaban J connectivity index is 2.07. The van der Waals surface area contributed by atoms with Crippen molar-refractivity contribution in [2.75, 3.05) is 5.32 Å². The summed E-state index contributed by atoms with van der Waals surface area (Å²) in [5, 5.41) is 19.7. The van der Waals surface area contributed by atoms with Gasteiger partial charge in [0.15, 0.2) is 5.16 Å². The number of carboxylic acids is 1. The van der Waals surface area contributed by atoms with Gasteiger partial charge in [0, 0.05) is 17.7 Å². The Morgan fingerprint density at radius 2 is 1.93 bits per heavy atom. The van der Waals surface area contributed by atoms with Crippen LogP contribution in [-0.4, -0.2) is 42.9 Å². The fraction of sp³-hybridized carbons (Fsp3) is 0.353. The van der Waals surface area contributed by atoms with E-state index in [1.807, 2.05) is 6.92 Å². The van der Waals surface area contributed by atoms with Crippen molar-refractivity contribution >= 4 is 35.2 Å². The van der Waals surface area contributed by atoms with E-state index in [2.05, 4.69) is 15.5 Å². The van der Waals surface area contributed by atoms with Crippen LogP contribution in [0.5, 0.6) is 0 Å². The van der Waals surface area contributed by atoms with Crippen molar-refractivity contribution in [1.29, 1.82) is 0 Å². The molecule has 0 spiro atoms. The number of primary amides is 1. The van der Waals surface area contributed by atoms with Crippen molar-refractivity contribution in [3.8, 4) is 0 Å². The summed E-state index contributed by atoms with van der Waals surface area (Å²) >= 11 is 1.13. The minimum absolute atomic E-state index is 0.256. The summed E-state index contributed by atoms with van der Waals surface area (Å²) < 4.78 is 1.52. The molecule has 0 saturated carbocycles. The zero-order valence-corrected chi connectivity index (χ0v) is 15.8. The molecule has 0 aliphatic rings. The Hall–Kier alpha value is -2.88. The highest BCUT2D eigenvalue weighted by atomic mass is 32.2. The van der Waals surface area contributed by atoms with Gasteiger partial charge in [0.25, 0.3) is 0 Å². The molecule has 2 amide bonds. The van der Waals surface area contributed by atoms with E-state index in [1.165, 1.54) is 16.7 Å². The van der Waals surface area contributed by atoms with Crippen LogP contribution in [0.4, 0.5) is 5.69 Å². The summed E-state index contributed by atoms with van der Waals surface area (Å²) in [5.41, 5.74) is 6.06. The first kappa shape index (κ1) is 20.4. The van der Waals surface area contributed by atoms with E-state index >= 15 is 0 Å². The molecule has 1 atom stereocenters. The number of aromatic nitrogens is 3. The first-order valence-corrected chi connectivity index (χ1v) is 9.21. The number of carbonyl (C=O) groups excluding carboxylic acids is 2. The van der Waals surface area contributed by atoms with Gasteiger partial charge in [-0.05, 0) is 37.6 Å².